The molecular formula is C14H24N2O. The third-order valence-electron chi connectivity index (χ3n) is 2.85. The number of rotatable bonds is 8. The molecule has 17 heavy (non-hydrogen) atoms. The van der Waals surface area contributed by atoms with Crippen molar-refractivity contribution >= 4 is 5.69 Å². The molecule has 0 aliphatic carbocycles. The van der Waals surface area contributed by atoms with Gasteiger partial charge in [-0.1, -0.05) is 13.3 Å². The Bertz CT molecular complexity index is 290. The van der Waals surface area contributed by atoms with Crippen molar-refractivity contribution in [2.24, 2.45) is 5.73 Å². The summed E-state index contributed by atoms with van der Waals surface area (Å²) in [5, 5.41) is 0. The van der Waals surface area contributed by atoms with Crippen LogP contribution in [0.3, 0.4) is 0 Å². The number of hydrogen-bond donors (Lipinski definition) is 1. The van der Waals surface area contributed by atoms with Crippen LogP contribution in [0.2, 0.25) is 0 Å². The molecule has 0 saturated heterocycles. The Balaban J connectivity index is 2.65. The Hall–Kier alpha value is -1.22. The van der Waals surface area contributed by atoms with Gasteiger partial charge in [-0.3, -0.25) is 0 Å². The number of hydrogen-bond acceptors (Lipinski definition) is 3. The molecule has 3 heteroatoms. The highest BCUT2D eigenvalue weighted by molar-refractivity contribution is 5.49. The van der Waals surface area contributed by atoms with Crippen LogP contribution in [0.25, 0.3) is 0 Å². The van der Waals surface area contributed by atoms with Crippen LogP contribution < -0.4 is 15.4 Å². The lowest BCUT2D eigenvalue weighted by atomic mass is 10.2. The fourth-order valence-electron chi connectivity index (χ4n) is 1.79. The normalized spacial score (nSPS) is 10.3. The van der Waals surface area contributed by atoms with E-state index in [1.54, 1.807) is 7.11 Å². The maximum atomic E-state index is 5.58. The van der Waals surface area contributed by atoms with E-state index < -0.39 is 0 Å². The molecule has 0 spiro atoms. The summed E-state index contributed by atoms with van der Waals surface area (Å²) in [6.45, 7) is 5.10. The van der Waals surface area contributed by atoms with Crippen molar-refractivity contribution in [3.05, 3.63) is 24.3 Å². The third kappa shape index (κ3) is 4.65. The van der Waals surface area contributed by atoms with Gasteiger partial charge in [0, 0.05) is 18.8 Å². The molecule has 0 heterocycles. The Morgan fingerprint density at radius 1 is 1.12 bits per heavy atom. The van der Waals surface area contributed by atoms with Gasteiger partial charge in [0.15, 0.2) is 0 Å². The molecule has 0 fully saturated rings. The molecule has 1 aromatic rings. The van der Waals surface area contributed by atoms with Gasteiger partial charge < -0.3 is 15.4 Å². The summed E-state index contributed by atoms with van der Waals surface area (Å²) in [5.74, 6) is 0.906. The molecule has 0 aliphatic heterocycles. The minimum atomic E-state index is 0.749. The molecule has 1 aromatic carbocycles. The molecule has 0 bridgehead atoms. The Labute approximate surface area is 105 Å². The quantitative estimate of drug-likeness (QED) is 0.754. The number of ether oxygens (including phenoxy) is 1. The zero-order valence-electron chi connectivity index (χ0n) is 11.0. The van der Waals surface area contributed by atoms with Gasteiger partial charge in [-0.05, 0) is 43.7 Å². The van der Waals surface area contributed by atoms with Crippen molar-refractivity contribution < 1.29 is 4.74 Å². The summed E-state index contributed by atoms with van der Waals surface area (Å²) in [4.78, 5) is 2.40. The summed E-state index contributed by atoms with van der Waals surface area (Å²) in [6, 6.07) is 8.25. The highest BCUT2D eigenvalue weighted by Gasteiger charge is 2.05. The first-order valence-corrected chi connectivity index (χ1v) is 6.41. The highest BCUT2D eigenvalue weighted by Crippen LogP contribution is 2.19. The largest absolute Gasteiger partial charge is 0.497 e. The number of unbranched alkanes of at least 4 members (excludes halogenated alkanes) is 1. The SMILES string of the molecule is CCCCN(CCCN)c1ccc(OC)cc1. The molecular weight excluding hydrogens is 212 g/mol. The van der Waals surface area contributed by atoms with Crippen LogP contribution >= 0.6 is 0 Å². The van der Waals surface area contributed by atoms with E-state index in [0.29, 0.717) is 0 Å². The van der Waals surface area contributed by atoms with Crippen LogP contribution in [0.1, 0.15) is 26.2 Å². The smallest absolute Gasteiger partial charge is 0.119 e. The second-order valence-electron chi connectivity index (χ2n) is 4.18. The van der Waals surface area contributed by atoms with Crippen molar-refractivity contribution in [3.8, 4) is 5.75 Å². The van der Waals surface area contributed by atoms with Crippen LogP contribution in [-0.4, -0.2) is 26.7 Å². The first-order chi connectivity index (χ1) is 8.31. The highest BCUT2D eigenvalue weighted by atomic mass is 16.5. The van der Waals surface area contributed by atoms with E-state index >= 15 is 0 Å². The summed E-state index contributed by atoms with van der Waals surface area (Å²) in [5.41, 5.74) is 6.84. The predicted molar refractivity (Wildman–Crippen MR) is 73.8 cm³/mol. The van der Waals surface area contributed by atoms with Crippen LogP contribution in [0.15, 0.2) is 24.3 Å². The van der Waals surface area contributed by atoms with E-state index in [-0.39, 0.29) is 0 Å². The maximum absolute atomic E-state index is 5.58. The minimum absolute atomic E-state index is 0.749. The van der Waals surface area contributed by atoms with E-state index in [1.807, 2.05) is 12.1 Å². The van der Waals surface area contributed by atoms with Crippen molar-refractivity contribution in [1.29, 1.82) is 0 Å². The molecule has 0 atom stereocenters. The molecule has 2 N–H and O–H groups in total. The van der Waals surface area contributed by atoms with Gasteiger partial charge in [-0.15, -0.1) is 0 Å². The van der Waals surface area contributed by atoms with Gasteiger partial charge in [0.25, 0.3) is 0 Å². The third-order valence-corrected chi connectivity index (χ3v) is 2.85. The molecule has 0 saturated carbocycles. The van der Waals surface area contributed by atoms with E-state index in [1.165, 1.54) is 18.5 Å². The van der Waals surface area contributed by atoms with Crippen molar-refractivity contribution in [2.45, 2.75) is 26.2 Å². The fourth-order valence-corrected chi connectivity index (χ4v) is 1.79. The molecule has 0 radical (unpaired) electrons. The number of nitrogens with zero attached hydrogens (tertiary/aromatic N) is 1. The van der Waals surface area contributed by atoms with Crippen LogP contribution in [0.5, 0.6) is 5.75 Å². The lowest BCUT2D eigenvalue weighted by Crippen LogP contribution is -2.27. The van der Waals surface area contributed by atoms with E-state index in [2.05, 4.69) is 24.0 Å². The lowest BCUT2D eigenvalue weighted by molar-refractivity contribution is 0.415. The van der Waals surface area contributed by atoms with Crippen LogP contribution in [-0.2, 0) is 0 Å². The number of anilines is 1. The Morgan fingerprint density at radius 2 is 1.76 bits per heavy atom. The zero-order valence-corrected chi connectivity index (χ0v) is 11.0. The van der Waals surface area contributed by atoms with Gasteiger partial charge in [-0.25, -0.2) is 0 Å². The van der Waals surface area contributed by atoms with Crippen molar-refractivity contribution in [2.75, 3.05) is 31.6 Å². The van der Waals surface area contributed by atoms with Gasteiger partial charge in [0.2, 0.25) is 0 Å². The maximum Gasteiger partial charge on any atom is 0.119 e. The van der Waals surface area contributed by atoms with Crippen LogP contribution in [0.4, 0.5) is 5.69 Å². The first-order valence-electron chi connectivity index (χ1n) is 6.41. The second-order valence-corrected chi connectivity index (χ2v) is 4.18. The molecule has 3 nitrogen and oxygen atoms in total. The first kappa shape index (κ1) is 13.8. The van der Waals surface area contributed by atoms with E-state index in [4.69, 9.17) is 10.5 Å². The monoisotopic (exact) mass is 236 g/mol. The summed E-state index contributed by atoms with van der Waals surface area (Å²) in [6.07, 6.45) is 3.47. The number of benzene rings is 1. The average molecular weight is 236 g/mol. The summed E-state index contributed by atoms with van der Waals surface area (Å²) < 4.78 is 5.17. The van der Waals surface area contributed by atoms with Gasteiger partial charge in [0.1, 0.15) is 5.75 Å². The second kappa shape index (κ2) is 7.96. The Kier molecular flexibility index (Phi) is 6.48. The lowest BCUT2D eigenvalue weighted by Gasteiger charge is -2.24. The molecule has 1 rings (SSSR count). The van der Waals surface area contributed by atoms with Crippen molar-refractivity contribution in [1.82, 2.24) is 0 Å². The molecule has 96 valence electrons. The zero-order chi connectivity index (χ0) is 12.5. The van der Waals surface area contributed by atoms with Gasteiger partial charge in [-0.2, -0.15) is 0 Å². The van der Waals surface area contributed by atoms with Gasteiger partial charge in [0.05, 0.1) is 7.11 Å². The Morgan fingerprint density at radius 3 is 2.29 bits per heavy atom. The van der Waals surface area contributed by atoms with Gasteiger partial charge >= 0.3 is 0 Å². The van der Waals surface area contributed by atoms with Crippen LogP contribution in [0, 0.1) is 0 Å². The summed E-state index contributed by atoms with van der Waals surface area (Å²) >= 11 is 0. The summed E-state index contributed by atoms with van der Waals surface area (Å²) in [7, 11) is 1.69. The molecule has 0 amide bonds. The van der Waals surface area contributed by atoms with Crippen molar-refractivity contribution in [3.63, 3.8) is 0 Å². The molecule has 0 aliphatic rings. The minimum Gasteiger partial charge on any atom is -0.497 e. The molecule has 0 unspecified atom stereocenters. The van der Waals surface area contributed by atoms with E-state index in [0.717, 1.165) is 31.8 Å². The molecule has 0 aromatic heterocycles. The van der Waals surface area contributed by atoms with E-state index in [9.17, 15) is 0 Å². The number of nitrogens with two attached hydrogens (primary N) is 1. The average Bonchev–Trinajstić information content (AvgIpc) is 2.39. The fraction of sp³-hybridized carbons (Fsp3) is 0.571. The predicted octanol–water partition coefficient (Wildman–Crippen LogP) is 2.65. The number of methoxy groups -OCH3 is 1. The standard InChI is InChI=1S/C14H24N2O/c1-3-4-11-16(12-5-10-15)13-6-8-14(17-2)9-7-13/h6-9H,3-5,10-12,15H2,1-2H3. The topological polar surface area (TPSA) is 38.5 Å².